The average Bonchev–Trinajstić information content (AvgIpc) is 2.53. The molecule has 4 heteroatoms. The second-order valence-electron chi connectivity index (χ2n) is 3.29. The minimum atomic E-state index is -0.468. The van der Waals surface area contributed by atoms with Crippen molar-refractivity contribution in [2.45, 2.75) is 6.42 Å². The zero-order chi connectivity index (χ0) is 11.0. The summed E-state index contributed by atoms with van der Waals surface area (Å²) < 4.78 is 10.1. The largest absolute Gasteiger partial charge is 0.497 e. The van der Waals surface area contributed by atoms with Gasteiger partial charge in [-0.1, -0.05) is 0 Å². The van der Waals surface area contributed by atoms with Gasteiger partial charge in [-0.2, -0.15) is 0 Å². The van der Waals surface area contributed by atoms with Crippen LogP contribution in [0.25, 0.3) is 0 Å². The molecule has 0 heterocycles. The summed E-state index contributed by atoms with van der Waals surface area (Å²) in [5, 5.41) is 0. The monoisotopic (exact) mass is 206 g/mol. The molecule has 2 rings (SSSR count). The van der Waals surface area contributed by atoms with Crippen LogP contribution in [-0.4, -0.2) is 25.8 Å². The molecule has 0 bridgehead atoms. The van der Waals surface area contributed by atoms with E-state index in [1.165, 1.54) is 14.2 Å². The Hall–Kier alpha value is -1.84. The van der Waals surface area contributed by atoms with Gasteiger partial charge in [0.05, 0.1) is 19.8 Å². The zero-order valence-electron chi connectivity index (χ0n) is 8.49. The number of rotatable bonds is 2. The molecule has 1 aliphatic carbocycles. The maximum Gasteiger partial charge on any atom is 0.232 e. The van der Waals surface area contributed by atoms with Crippen molar-refractivity contribution in [3.05, 3.63) is 23.3 Å². The number of fused-ring (bicyclic) bond motifs is 1. The van der Waals surface area contributed by atoms with Crippen LogP contribution in [0.2, 0.25) is 0 Å². The molecule has 0 atom stereocenters. The first-order valence-electron chi connectivity index (χ1n) is 4.49. The van der Waals surface area contributed by atoms with E-state index >= 15 is 0 Å². The molecule has 1 aromatic rings. The van der Waals surface area contributed by atoms with Crippen molar-refractivity contribution in [2.75, 3.05) is 14.2 Å². The fourth-order valence-electron chi connectivity index (χ4n) is 1.71. The lowest BCUT2D eigenvalue weighted by molar-refractivity contribution is -0.114. The minimum Gasteiger partial charge on any atom is -0.497 e. The molecule has 0 radical (unpaired) electrons. The third kappa shape index (κ3) is 1.38. The van der Waals surface area contributed by atoms with Crippen LogP contribution in [0, 0.1) is 0 Å². The summed E-state index contributed by atoms with van der Waals surface area (Å²) in [4.78, 5) is 22.8. The first kappa shape index (κ1) is 9.71. The maximum atomic E-state index is 11.5. The Labute approximate surface area is 86.8 Å². The quantitative estimate of drug-likeness (QED) is 0.678. The molecule has 0 N–H and O–H groups in total. The number of ether oxygens (including phenoxy) is 2. The van der Waals surface area contributed by atoms with Gasteiger partial charge in [0.25, 0.3) is 0 Å². The van der Waals surface area contributed by atoms with Gasteiger partial charge in [0.1, 0.15) is 11.5 Å². The van der Waals surface area contributed by atoms with E-state index in [1.807, 2.05) is 0 Å². The molecule has 15 heavy (non-hydrogen) atoms. The summed E-state index contributed by atoms with van der Waals surface area (Å²) >= 11 is 0. The molecule has 0 spiro atoms. The number of Topliss-reactive ketones (excluding diaryl/α,β-unsaturated/α-hetero) is 2. The molecular formula is C11H10O4. The highest BCUT2D eigenvalue weighted by molar-refractivity contribution is 6.48. The molecular weight excluding hydrogens is 196 g/mol. The standard InChI is InChI=1S/C11H10O4/c1-14-7-3-6-4-8(12)11(13)10(6)9(5-7)15-2/h3,5H,4H2,1-2H3. The number of hydrogen-bond donors (Lipinski definition) is 0. The first-order chi connectivity index (χ1) is 7.17. The van der Waals surface area contributed by atoms with Crippen molar-refractivity contribution in [3.8, 4) is 11.5 Å². The Balaban J connectivity index is 2.63. The van der Waals surface area contributed by atoms with Crippen molar-refractivity contribution < 1.29 is 19.1 Å². The summed E-state index contributed by atoms with van der Waals surface area (Å²) in [7, 11) is 2.99. The molecule has 0 saturated carbocycles. The van der Waals surface area contributed by atoms with E-state index in [-0.39, 0.29) is 6.42 Å². The van der Waals surface area contributed by atoms with Crippen LogP contribution >= 0.6 is 0 Å². The van der Waals surface area contributed by atoms with Crippen molar-refractivity contribution in [3.63, 3.8) is 0 Å². The summed E-state index contributed by atoms with van der Waals surface area (Å²) in [5.74, 6) is 0.134. The Bertz CT molecular complexity index is 448. The van der Waals surface area contributed by atoms with E-state index in [1.54, 1.807) is 12.1 Å². The van der Waals surface area contributed by atoms with Gasteiger partial charge in [0, 0.05) is 12.5 Å². The molecule has 0 fully saturated rings. The van der Waals surface area contributed by atoms with E-state index in [2.05, 4.69) is 0 Å². The zero-order valence-corrected chi connectivity index (χ0v) is 8.49. The molecule has 78 valence electrons. The smallest absolute Gasteiger partial charge is 0.232 e. The second kappa shape index (κ2) is 3.38. The number of benzene rings is 1. The van der Waals surface area contributed by atoms with E-state index in [0.717, 1.165) is 0 Å². The van der Waals surface area contributed by atoms with Crippen LogP contribution in [0.4, 0.5) is 0 Å². The SMILES string of the molecule is COc1cc2c(c(OC)c1)C(=O)C(=O)C2. The number of hydrogen-bond acceptors (Lipinski definition) is 4. The fourth-order valence-corrected chi connectivity index (χ4v) is 1.71. The van der Waals surface area contributed by atoms with Crippen LogP contribution in [0.5, 0.6) is 11.5 Å². The van der Waals surface area contributed by atoms with Crippen molar-refractivity contribution >= 4 is 11.6 Å². The lowest BCUT2D eigenvalue weighted by Gasteiger charge is -2.08. The summed E-state index contributed by atoms with van der Waals surface area (Å²) in [6.07, 6.45) is 0.141. The third-order valence-corrected chi connectivity index (χ3v) is 2.44. The Kier molecular flexibility index (Phi) is 2.19. The van der Waals surface area contributed by atoms with Crippen molar-refractivity contribution in [1.82, 2.24) is 0 Å². The normalized spacial score (nSPS) is 14.0. The Morgan fingerprint density at radius 1 is 1.13 bits per heavy atom. The first-order valence-corrected chi connectivity index (χ1v) is 4.49. The lowest BCUT2D eigenvalue weighted by atomic mass is 10.1. The van der Waals surface area contributed by atoms with Gasteiger partial charge in [0.15, 0.2) is 0 Å². The molecule has 0 aromatic heterocycles. The lowest BCUT2D eigenvalue weighted by Crippen LogP contribution is -2.07. The van der Waals surface area contributed by atoms with Crippen LogP contribution in [0.15, 0.2) is 12.1 Å². The maximum absolute atomic E-state index is 11.5. The number of ketones is 2. The third-order valence-electron chi connectivity index (χ3n) is 2.44. The minimum absolute atomic E-state index is 0.141. The summed E-state index contributed by atoms with van der Waals surface area (Å²) in [5.41, 5.74) is 1.06. The van der Waals surface area contributed by atoms with Gasteiger partial charge >= 0.3 is 0 Å². The highest BCUT2D eigenvalue weighted by Gasteiger charge is 2.32. The molecule has 4 nitrogen and oxygen atoms in total. The van der Waals surface area contributed by atoms with Crippen LogP contribution in [-0.2, 0) is 11.2 Å². The topological polar surface area (TPSA) is 52.6 Å². The highest BCUT2D eigenvalue weighted by atomic mass is 16.5. The van der Waals surface area contributed by atoms with Crippen molar-refractivity contribution in [2.24, 2.45) is 0 Å². The molecule has 0 aliphatic heterocycles. The number of carbonyl (C=O) groups is 2. The number of methoxy groups -OCH3 is 2. The van der Waals surface area contributed by atoms with E-state index in [0.29, 0.717) is 22.6 Å². The predicted octanol–water partition coefficient (Wildman–Crippen LogP) is 1.01. The van der Waals surface area contributed by atoms with Gasteiger partial charge in [-0.05, 0) is 11.6 Å². The van der Waals surface area contributed by atoms with Crippen molar-refractivity contribution in [1.29, 1.82) is 0 Å². The van der Waals surface area contributed by atoms with Gasteiger partial charge in [-0.15, -0.1) is 0 Å². The van der Waals surface area contributed by atoms with Gasteiger partial charge in [0.2, 0.25) is 11.6 Å². The van der Waals surface area contributed by atoms with Gasteiger partial charge in [-0.3, -0.25) is 9.59 Å². The molecule has 0 amide bonds. The molecule has 0 unspecified atom stereocenters. The molecule has 1 aliphatic rings. The van der Waals surface area contributed by atoms with E-state index in [9.17, 15) is 9.59 Å². The fraction of sp³-hybridized carbons (Fsp3) is 0.273. The highest BCUT2D eigenvalue weighted by Crippen LogP contribution is 2.33. The number of carbonyl (C=O) groups excluding carboxylic acids is 2. The second-order valence-corrected chi connectivity index (χ2v) is 3.29. The average molecular weight is 206 g/mol. The Morgan fingerprint density at radius 3 is 2.47 bits per heavy atom. The predicted molar refractivity (Wildman–Crippen MR) is 52.6 cm³/mol. The van der Waals surface area contributed by atoms with E-state index < -0.39 is 11.6 Å². The van der Waals surface area contributed by atoms with Crippen LogP contribution in [0.1, 0.15) is 15.9 Å². The van der Waals surface area contributed by atoms with Crippen LogP contribution < -0.4 is 9.47 Å². The summed E-state index contributed by atoms with van der Waals surface area (Å²) in [6, 6.07) is 3.30. The van der Waals surface area contributed by atoms with E-state index in [4.69, 9.17) is 9.47 Å². The Morgan fingerprint density at radius 2 is 1.87 bits per heavy atom. The van der Waals surface area contributed by atoms with Gasteiger partial charge < -0.3 is 9.47 Å². The molecule has 1 aromatic carbocycles. The van der Waals surface area contributed by atoms with Crippen LogP contribution in [0.3, 0.4) is 0 Å². The van der Waals surface area contributed by atoms with Gasteiger partial charge in [-0.25, -0.2) is 0 Å². The summed E-state index contributed by atoms with van der Waals surface area (Å²) in [6.45, 7) is 0. The molecule has 0 saturated heterocycles.